The standard InChI is InChI=1S/C18H22N4O3/c1-21(2)18(23)25-15-6-4-5-13-9-12-22(17(24-3)16(13)15)20-14-7-10-19-11-8-14/h4-8,10-11,17H,9,12H2,1-3H3,(H,19,20). The number of amides is 1. The highest BCUT2D eigenvalue weighted by molar-refractivity contribution is 5.70. The summed E-state index contributed by atoms with van der Waals surface area (Å²) in [5.74, 6) is 0.518. The van der Waals surface area contributed by atoms with Crippen molar-refractivity contribution in [1.29, 1.82) is 0 Å². The van der Waals surface area contributed by atoms with Crippen LogP contribution < -0.4 is 10.2 Å². The summed E-state index contributed by atoms with van der Waals surface area (Å²) in [4.78, 5) is 17.4. The second-order valence-corrected chi connectivity index (χ2v) is 5.97. The van der Waals surface area contributed by atoms with Gasteiger partial charge in [-0.15, -0.1) is 0 Å². The number of hydrogen-bond acceptors (Lipinski definition) is 6. The number of rotatable bonds is 4. The van der Waals surface area contributed by atoms with Crippen LogP contribution in [0.1, 0.15) is 17.4 Å². The van der Waals surface area contributed by atoms with Crippen LogP contribution in [0.5, 0.6) is 5.75 Å². The van der Waals surface area contributed by atoms with Gasteiger partial charge >= 0.3 is 6.09 Å². The van der Waals surface area contributed by atoms with Gasteiger partial charge in [-0.1, -0.05) is 12.1 Å². The van der Waals surface area contributed by atoms with Crippen molar-refractivity contribution in [3.8, 4) is 5.75 Å². The highest BCUT2D eigenvalue weighted by atomic mass is 16.6. The largest absolute Gasteiger partial charge is 0.414 e. The highest BCUT2D eigenvalue weighted by Gasteiger charge is 2.31. The van der Waals surface area contributed by atoms with Gasteiger partial charge in [-0.25, -0.2) is 4.79 Å². The molecule has 0 radical (unpaired) electrons. The summed E-state index contributed by atoms with van der Waals surface area (Å²) in [6.45, 7) is 0.763. The summed E-state index contributed by atoms with van der Waals surface area (Å²) in [6, 6.07) is 9.51. The lowest BCUT2D eigenvalue weighted by atomic mass is 9.98. The van der Waals surface area contributed by atoms with E-state index >= 15 is 0 Å². The highest BCUT2D eigenvalue weighted by Crippen LogP contribution is 2.37. The van der Waals surface area contributed by atoms with E-state index in [1.54, 1.807) is 39.7 Å². The molecule has 1 aromatic carbocycles. The molecule has 7 nitrogen and oxygen atoms in total. The van der Waals surface area contributed by atoms with E-state index in [2.05, 4.69) is 10.4 Å². The van der Waals surface area contributed by atoms with Crippen molar-refractivity contribution in [2.24, 2.45) is 0 Å². The number of hydrogen-bond donors (Lipinski definition) is 1. The van der Waals surface area contributed by atoms with Gasteiger partial charge in [0.2, 0.25) is 0 Å². The van der Waals surface area contributed by atoms with Crippen molar-refractivity contribution in [3.05, 3.63) is 53.9 Å². The Morgan fingerprint density at radius 2 is 2.04 bits per heavy atom. The lowest BCUT2D eigenvalue weighted by Crippen LogP contribution is -2.41. The van der Waals surface area contributed by atoms with Crippen LogP contribution >= 0.6 is 0 Å². The number of fused-ring (bicyclic) bond motifs is 1. The minimum absolute atomic E-state index is 0.372. The second kappa shape index (κ2) is 7.50. The zero-order valence-electron chi connectivity index (χ0n) is 14.6. The van der Waals surface area contributed by atoms with Gasteiger partial charge in [0.25, 0.3) is 0 Å². The molecule has 1 aromatic heterocycles. The van der Waals surface area contributed by atoms with E-state index in [9.17, 15) is 4.79 Å². The zero-order chi connectivity index (χ0) is 17.8. The van der Waals surface area contributed by atoms with Crippen molar-refractivity contribution in [2.45, 2.75) is 12.6 Å². The Morgan fingerprint density at radius 3 is 2.72 bits per heavy atom. The molecular weight excluding hydrogens is 320 g/mol. The minimum atomic E-state index is -0.414. The number of ether oxygens (including phenoxy) is 2. The molecule has 0 fully saturated rings. The van der Waals surface area contributed by atoms with Gasteiger partial charge in [-0.05, 0) is 30.2 Å². The normalized spacial score (nSPS) is 16.8. The van der Waals surface area contributed by atoms with E-state index in [0.717, 1.165) is 29.8 Å². The number of hydrazine groups is 1. The van der Waals surface area contributed by atoms with E-state index in [-0.39, 0.29) is 6.23 Å². The Hall–Kier alpha value is -2.64. The number of carbonyl (C=O) groups excluding carboxylic acids is 1. The molecule has 25 heavy (non-hydrogen) atoms. The first-order valence-electron chi connectivity index (χ1n) is 8.07. The molecule has 1 aliphatic heterocycles. The molecule has 1 unspecified atom stereocenters. The van der Waals surface area contributed by atoms with Crippen LogP contribution in [0, 0.1) is 0 Å². The van der Waals surface area contributed by atoms with Crippen molar-refractivity contribution in [1.82, 2.24) is 14.9 Å². The van der Waals surface area contributed by atoms with Gasteiger partial charge in [-0.2, -0.15) is 5.01 Å². The molecule has 1 atom stereocenters. The van der Waals surface area contributed by atoms with Crippen LogP contribution in [0.25, 0.3) is 0 Å². The van der Waals surface area contributed by atoms with E-state index in [4.69, 9.17) is 9.47 Å². The lowest BCUT2D eigenvalue weighted by Gasteiger charge is -2.37. The fourth-order valence-electron chi connectivity index (χ4n) is 2.83. The number of carbonyl (C=O) groups is 1. The quantitative estimate of drug-likeness (QED) is 0.921. The Kier molecular flexibility index (Phi) is 5.16. The molecule has 1 amide bonds. The first kappa shape index (κ1) is 17.2. The molecule has 0 aliphatic carbocycles. The zero-order valence-corrected chi connectivity index (χ0v) is 14.6. The molecule has 1 aliphatic rings. The molecule has 0 saturated carbocycles. The Morgan fingerprint density at radius 1 is 1.28 bits per heavy atom. The topological polar surface area (TPSA) is 66.9 Å². The third-order valence-electron chi connectivity index (χ3n) is 4.05. The lowest BCUT2D eigenvalue weighted by molar-refractivity contribution is -0.0286. The first-order valence-corrected chi connectivity index (χ1v) is 8.07. The summed E-state index contributed by atoms with van der Waals surface area (Å²) in [5, 5.41) is 1.99. The van der Waals surface area contributed by atoms with Crippen molar-refractivity contribution in [2.75, 3.05) is 33.2 Å². The fraction of sp³-hybridized carbons (Fsp3) is 0.333. The number of pyridine rings is 1. The van der Waals surface area contributed by atoms with Crippen molar-refractivity contribution < 1.29 is 14.3 Å². The Labute approximate surface area is 147 Å². The third-order valence-corrected chi connectivity index (χ3v) is 4.05. The van der Waals surface area contributed by atoms with Gasteiger partial charge in [-0.3, -0.25) is 4.98 Å². The van der Waals surface area contributed by atoms with E-state index in [1.165, 1.54) is 4.90 Å². The third kappa shape index (κ3) is 3.72. The fourth-order valence-corrected chi connectivity index (χ4v) is 2.83. The number of aromatic nitrogens is 1. The molecule has 7 heteroatoms. The van der Waals surface area contributed by atoms with E-state index in [0.29, 0.717) is 5.75 Å². The maximum atomic E-state index is 12.0. The van der Waals surface area contributed by atoms with Crippen LogP contribution in [-0.4, -0.2) is 48.7 Å². The summed E-state index contributed by atoms with van der Waals surface area (Å²) in [5.41, 5.74) is 6.25. The molecule has 1 N–H and O–H groups in total. The predicted molar refractivity (Wildman–Crippen MR) is 94.2 cm³/mol. The molecular formula is C18H22N4O3. The second-order valence-electron chi connectivity index (χ2n) is 5.97. The Balaban J connectivity index is 1.90. The van der Waals surface area contributed by atoms with Gasteiger partial charge in [0, 0.05) is 45.7 Å². The number of nitrogens with zero attached hydrogens (tertiary/aromatic N) is 3. The van der Waals surface area contributed by atoms with Gasteiger partial charge in [0.05, 0.1) is 5.69 Å². The number of methoxy groups -OCH3 is 1. The average Bonchev–Trinajstić information content (AvgIpc) is 2.62. The summed E-state index contributed by atoms with van der Waals surface area (Å²) >= 11 is 0. The molecule has 2 aromatic rings. The molecule has 0 bridgehead atoms. The van der Waals surface area contributed by atoms with Gasteiger partial charge < -0.3 is 19.8 Å². The van der Waals surface area contributed by atoms with Crippen LogP contribution in [0.15, 0.2) is 42.7 Å². The Bertz CT molecular complexity index is 736. The molecule has 0 saturated heterocycles. The van der Waals surface area contributed by atoms with E-state index in [1.807, 2.05) is 29.3 Å². The molecule has 2 heterocycles. The molecule has 3 rings (SSSR count). The number of nitrogens with one attached hydrogen (secondary N) is 1. The summed E-state index contributed by atoms with van der Waals surface area (Å²) in [7, 11) is 4.96. The van der Waals surface area contributed by atoms with Crippen LogP contribution in [0.4, 0.5) is 10.5 Å². The summed E-state index contributed by atoms with van der Waals surface area (Å²) in [6.07, 6.45) is 3.49. The maximum Gasteiger partial charge on any atom is 0.414 e. The van der Waals surface area contributed by atoms with Crippen LogP contribution in [0.3, 0.4) is 0 Å². The van der Waals surface area contributed by atoms with Gasteiger partial charge in [0.15, 0.2) is 6.23 Å². The van der Waals surface area contributed by atoms with Crippen LogP contribution in [0.2, 0.25) is 0 Å². The van der Waals surface area contributed by atoms with Crippen LogP contribution in [-0.2, 0) is 11.2 Å². The average molecular weight is 342 g/mol. The summed E-state index contributed by atoms with van der Waals surface area (Å²) < 4.78 is 11.3. The maximum absolute atomic E-state index is 12.0. The first-order chi connectivity index (χ1) is 12.1. The monoisotopic (exact) mass is 342 g/mol. The minimum Gasteiger partial charge on any atom is -0.410 e. The van der Waals surface area contributed by atoms with Crippen molar-refractivity contribution >= 4 is 11.8 Å². The van der Waals surface area contributed by atoms with E-state index < -0.39 is 6.09 Å². The SMILES string of the molecule is COC1c2c(cccc2OC(=O)N(C)C)CCN1Nc1ccncc1. The number of anilines is 1. The van der Waals surface area contributed by atoms with Gasteiger partial charge in [0.1, 0.15) is 5.75 Å². The predicted octanol–water partition coefficient (Wildman–Crippen LogP) is 2.67. The number of benzene rings is 1. The smallest absolute Gasteiger partial charge is 0.410 e. The van der Waals surface area contributed by atoms with Crippen molar-refractivity contribution in [3.63, 3.8) is 0 Å². The molecule has 0 spiro atoms. The molecule has 132 valence electrons.